The number of alkyl halides is 3. The number of likely N-dealkylation sites (tertiary alicyclic amines) is 1. The fraction of sp³-hybridized carbons (Fsp3) is 0.250. The zero-order chi connectivity index (χ0) is 18.1. The molecule has 1 atom stereocenters. The van der Waals surface area contributed by atoms with E-state index in [9.17, 15) is 13.2 Å². The van der Waals surface area contributed by atoms with Gasteiger partial charge < -0.3 is 0 Å². The number of rotatable bonds is 4. The molecule has 1 unspecified atom stereocenters. The van der Waals surface area contributed by atoms with Crippen molar-refractivity contribution < 1.29 is 13.2 Å². The summed E-state index contributed by atoms with van der Waals surface area (Å²) in [5.74, 6) is 0. The van der Waals surface area contributed by atoms with Gasteiger partial charge in [-0.15, -0.1) is 0 Å². The molecule has 0 aliphatic carbocycles. The Morgan fingerprint density at radius 1 is 0.885 bits per heavy atom. The maximum Gasteiger partial charge on any atom is 0.433 e. The van der Waals surface area contributed by atoms with Crippen molar-refractivity contribution in [1.82, 2.24) is 14.7 Å². The van der Waals surface area contributed by atoms with Crippen LogP contribution in [0.2, 0.25) is 0 Å². The summed E-state index contributed by atoms with van der Waals surface area (Å²) in [6.07, 6.45) is -2.96. The van der Waals surface area contributed by atoms with Gasteiger partial charge in [0.15, 0.2) is 0 Å². The summed E-state index contributed by atoms with van der Waals surface area (Å²) in [4.78, 5) is 2.08. The van der Waals surface area contributed by atoms with E-state index in [4.69, 9.17) is 0 Å². The molecule has 0 N–H and O–H groups in total. The fourth-order valence-corrected chi connectivity index (χ4v) is 3.58. The van der Waals surface area contributed by atoms with Crippen LogP contribution in [-0.2, 0) is 6.18 Å². The van der Waals surface area contributed by atoms with Crippen LogP contribution >= 0.6 is 0 Å². The number of halogens is 3. The molecule has 4 rings (SSSR count). The second-order valence-electron chi connectivity index (χ2n) is 6.39. The molecule has 2 heterocycles. The number of nitrogens with zero attached hydrogens (tertiary/aromatic N) is 3. The van der Waals surface area contributed by atoms with Crippen LogP contribution in [0.4, 0.5) is 13.2 Å². The predicted octanol–water partition coefficient (Wildman–Crippen LogP) is 4.90. The molecule has 2 aromatic carbocycles. The summed E-state index contributed by atoms with van der Waals surface area (Å²) in [5, 5.41) is 3.98. The molecule has 0 amide bonds. The van der Waals surface area contributed by atoms with Crippen LogP contribution in [0.25, 0.3) is 0 Å². The highest BCUT2D eigenvalue weighted by Gasteiger charge is 2.42. The van der Waals surface area contributed by atoms with Crippen molar-refractivity contribution in [2.24, 2.45) is 0 Å². The maximum absolute atomic E-state index is 13.3. The van der Waals surface area contributed by atoms with Crippen molar-refractivity contribution >= 4 is 0 Å². The normalized spacial score (nSPS) is 18.1. The lowest BCUT2D eigenvalue weighted by Crippen LogP contribution is -2.48. The van der Waals surface area contributed by atoms with Crippen LogP contribution in [-0.4, -0.2) is 21.2 Å². The van der Waals surface area contributed by atoms with Crippen LogP contribution in [0.3, 0.4) is 0 Å². The molecular formula is C20H18F3N3. The third-order valence-corrected chi connectivity index (χ3v) is 4.83. The van der Waals surface area contributed by atoms with E-state index in [0.29, 0.717) is 6.42 Å². The van der Waals surface area contributed by atoms with E-state index in [1.807, 2.05) is 60.7 Å². The van der Waals surface area contributed by atoms with Crippen molar-refractivity contribution in [2.75, 3.05) is 6.54 Å². The van der Waals surface area contributed by atoms with Crippen molar-refractivity contribution in [3.8, 4) is 0 Å². The van der Waals surface area contributed by atoms with E-state index in [2.05, 4.69) is 10.00 Å². The summed E-state index contributed by atoms with van der Waals surface area (Å²) in [5.41, 5.74) is 1.42. The van der Waals surface area contributed by atoms with Gasteiger partial charge in [0.25, 0.3) is 0 Å². The SMILES string of the molecule is FC(F)(F)c1ccnn1C1CCN1C(c1ccccc1)c1ccccc1. The molecule has 1 aliphatic rings. The number of aromatic nitrogens is 2. The van der Waals surface area contributed by atoms with Gasteiger partial charge in [0.2, 0.25) is 0 Å². The van der Waals surface area contributed by atoms with Gasteiger partial charge in [0, 0.05) is 12.7 Å². The minimum Gasteiger partial charge on any atom is -0.270 e. The highest BCUT2D eigenvalue weighted by molar-refractivity contribution is 5.32. The quantitative estimate of drug-likeness (QED) is 0.662. The molecule has 134 valence electrons. The minimum atomic E-state index is -4.41. The second kappa shape index (κ2) is 6.61. The number of benzene rings is 2. The van der Waals surface area contributed by atoms with Crippen LogP contribution in [0.15, 0.2) is 72.9 Å². The fourth-order valence-electron chi connectivity index (χ4n) is 3.58. The number of hydrogen-bond donors (Lipinski definition) is 0. The molecule has 0 radical (unpaired) electrons. The van der Waals surface area contributed by atoms with Crippen molar-refractivity contribution in [3.63, 3.8) is 0 Å². The molecule has 0 spiro atoms. The van der Waals surface area contributed by atoms with Crippen molar-refractivity contribution in [2.45, 2.75) is 24.8 Å². The average Bonchev–Trinajstić information content (AvgIpc) is 3.09. The topological polar surface area (TPSA) is 21.1 Å². The lowest BCUT2D eigenvalue weighted by atomic mass is 9.93. The van der Waals surface area contributed by atoms with Crippen LogP contribution in [0.5, 0.6) is 0 Å². The summed E-state index contributed by atoms with van der Waals surface area (Å²) < 4.78 is 41.0. The Labute approximate surface area is 149 Å². The van der Waals surface area contributed by atoms with Crippen molar-refractivity contribution in [3.05, 3.63) is 89.7 Å². The zero-order valence-electron chi connectivity index (χ0n) is 14.0. The molecule has 1 aliphatic heterocycles. The van der Waals surface area contributed by atoms with E-state index < -0.39 is 18.0 Å². The van der Waals surface area contributed by atoms with Crippen molar-refractivity contribution in [1.29, 1.82) is 0 Å². The second-order valence-corrected chi connectivity index (χ2v) is 6.39. The highest BCUT2D eigenvalue weighted by Crippen LogP contribution is 2.42. The summed E-state index contributed by atoms with van der Waals surface area (Å²) in [6, 6.07) is 20.7. The summed E-state index contributed by atoms with van der Waals surface area (Å²) in [6.45, 7) is 0.719. The molecule has 1 aromatic heterocycles. The van der Waals surface area contributed by atoms with E-state index in [0.717, 1.165) is 28.4 Å². The molecule has 1 fully saturated rings. The molecule has 0 saturated carbocycles. The Hall–Kier alpha value is -2.60. The van der Waals surface area contributed by atoms with Gasteiger partial charge in [0.1, 0.15) is 11.9 Å². The van der Waals surface area contributed by atoms with Gasteiger partial charge in [-0.3, -0.25) is 4.90 Å². The largest absolute Gasteiger partial charge is 0.433 e. The Bertz CT molecular complexity index is 819. The van der Waals surface area contributed by atoms with Gasteiger partial charge in [-0.2, -0.15) is 18.3 Å². The van der Waals surface area contributed by atoms with Crippen LogP contribution < -0.4 is 0 Å². The summed E-state index contributed by atoms with van der Waals surface area (Å²) in [7, 11) is 0. The van der Waals surface area contributed by atoms with Gasteiger partial charge in [-0.05, 0) is 23.6 Å². The maximum atomic E-state index is 13.3. The Morgan fingerprint density at radius 3 is 1.92 bits per heavy atom. The Balaban J connectivity index is 1.73. The first-order chi connectivity index (χ1) is 12.6. The third-order valence-electron chi connectivity index (χ3n) is 4.83. The van der Waals surface area contributed by atoms with E-state index in [-0.39, 0.29) is 6.04 Å². The smallest absolute Gasteiger partial charge is 0.270 e. The predicted molar refractivity (Wildman–Crippen MR) is 92.3 cm³/mol. The Kier molecular flexibility index (Phi) is 4.28. The first-order valence-electron chi connectivity index (χ1n) is 8.52. The molecule has 0 bridgehead atoms. The van der Waals surface area contributed by atoms with Gasteiger partial charge in [0.05, 0.1) is 6.04 Å². The van der Waals surface area contributed by atoms with E-state index in [1.54, 1.807) is 0 Å². The van der Waals surface area contributed by atoms with Crippen LogP contribution in [0.1, 0.15) is 35.4 Å². The molecule has 26 heavy (non-hydrogen) atoms. The zero-order valence-corrected chi connectivity index (χ0v) is 14.0. The molecule has 6 heteroatoms. The lowest BCUT2D eigenvalue weighted by molar-refractivity contribution is -0.149. The first kappa shape index (κ1) is 16.8. The third kappa shape index (κ3) is 3.01. The average molecular weight is 357 g/mol. The molecular weight excluding hydrogens is 339 g/mol. The monoisotopic (exact) mass is 357 g/mol. The van der Waals surface area contributed by atoms with Crippen LogP contribution in [0, 0.1) is 0 Å². The summed E-state index contributed by atoms with van der Waals surface area (Å²) >= 11 is 0. The molecule has 3 nitrogen and oxygen atoms in total. The number of hydrogen-bond acceptors (Lipinski definition) is 2. The lowest BCUT2D eigenvalue weighted by Gasteiger charge is -2.46. The van der Waals surface area contributed by atoms with E-state index >= 15 is 0 Å². The van der Waals surface area contributed by atoms with Gasteiger partial charge in [-0.1, -0.05) is 60.7 Å². The standard InChI is InChI=1S/C20H18F3N3/c21-20(22,23)17-11-13-24-26(17)18-12-14-25(18)19(15-7-3-1-4-8-15)16-9-5-2-6-10-16/h1-11,13,18-19H,12,14H2. The van der Waals surface area contributed by atoms with Gasteiger partial charge >= 0.3 is 6.18 Å². The molecule has 3 aromatic rings. The highest BCUT2D eigenvalue weighted by atomic mass is 19.4. The minimum absolute atomic E-state index is 0.110. The Morgan fingerprint density at radius 2 is 1.46 bits per heavy atom. The van der Waals surface area contributed by atoms with Gasteiger partial charge in [-0.25, -0.2) is 4.68 Å². The first-order valence-corrected chi connectivity index (χ1v) is 8.52. The molecule has 1 saturated heterocycles. The van der Waals surface area contributed by atoms with E-state index in [1.165, 1.54) is 6.20 Å².